The third-order valence-corrected chi connectivity index (χ3v) is 4.50. The molecule has 1 aromatic carbocycles. The Balaban J connectivity index is 1.38. The lowest BCUT2D eigenvalue weighted by atomic mass is 10.1. The monoisotopic (exact) mass is 339 g/mol. The Hall–Kier alpha value is -2.76. The standard InChI is InChI=1S/C19H21N3O3/c23-19(17-13-24-15-6-2-3-7-16(15)25-17)21-14-8-9-18(20-12-14)22-10-4-1-5-11-22/h2-3,6-9,12,17H,1,4-5,10-11,13H2,(H,21,23). The largest absolute Gasteiger partial charge is 0.485 e. The summed E-state index contributed by atoms with van der Waals surface area (Å²) < 4.78 is 11.3. The van der Waals surface area contributed by atoms with Gasteiger partial charge in [0.1, 0.15) is 12.4 Å². The van der Waals surface area contributed by atoms with Crippen molar-refractivity contribution in [1.29, 1.82) is 0 Å². The predicted octanol–water partition coefficient (Wildman–Crippen LogP) is 2.85. The average Bonchev–Trinajstić information content (AvgIpc) is 2.69. The van der Waals surface area contributed by atoms with Gasteiger partial charge < -0.3 is 19.7 Å². The molecule has 1 saturated heterocycles. The third-order valence-electron chi connectivity index (χ3n) is 4.50. The van der Waals surface area contributed by atoms with Crippen molar-refractivity contribution in [2.75, 3.05) is 29.9 Å². The minimum absolute atomic E-state index is 0.197. The molecule has 2 aromatic rings. The normalized spacial score (nSPS) is 19.4. The number of nitrogens with zero attached hydrogens (tertiary/aromatic N) is 2. The lowest BCUT2D eigenvalue weighted by Gasteiger charge is -2.28. The predicted molar refractivity (Wildman–Crippen MR) is 95.3 cm³/mol. The molecule has 1 aromatic heterocycles. The third kappa shape index (κ3) is 3.52. The summed E-state index contributed by atoms with van der Waals surface area (Å²) in [4.78, 5) is 19.2. The zero-order valence-corrected chi connectivity index (χ0v) is 14.0. The van der Waals surface area contributed by atoms with Gasteiger partial charge in [0.2, 0.25) is 6.10 Å². The first-order valence-electron chi connectivity index (χ1n) is 8.70. The van der Waals surface area contributed by atoms with E-state index in [1.54, 1.807) is 12.3 Å². The summed E-state index contributed by atoms with van der Waals surface area (Å²) >= 11 is 0. The highest BCUT2D eigenvalue weighted by Crippen LogP contribution is 2.31. The van der Waals surface area contributed by atoms with Gasteiger partial charge in [-0.1, -0.05) is 12.1 Å². The molecular weight excluding hydrogens is 318 g/mol. The Labute approximate surface area is 146 Å². The van der Waals surface area contributed by atoms with Gasteiger partial charge >= 0.3 is 0 Å². The molecule has 6 nitrogen and oxygen atoms in total. The summed E-state index contributed by atoms with van der Waals surface area (Å²) in [7, 11) is 0. The Morgan fingerprint density at radius 2 is 1.88 bits per heavy atom. The highest BCUT2D eigenvalue weighted by atomic mass is 16.6. The first-order valence-corrected chi connectivity index (χ1v) is 8.70. The van der Waals surface area contributed by atoms with Crippen LogP contribution in [0.25, 0.3) is 0 Å². The fraction of sp³-hybridized carbons (Fsp3) is 0.368. The van der Waals surface area contributed by atoms with Crippen LogP contribution in [0.2, 0.25) is 0 Å². The fourth-order valence-corrected chi connectivity index (χ4v) is 3.14. The summed E-state index contributed by atoms with van der Waals surface area (Å²) in [6.07, 6.45) is 4.73. The number of carbonyl (C=O) groups is 1. The summed E-state index contributed by atoms with van der Waals surface area (Å²) in [6.45, 7) is 2.29. The van der Waals surface area contributed by atoms with Crippen LogP contribution in [-0.4, -0.2) is 36.7 Å². The first-order chi connectivity index (χ1) is 12.3. The number of ether oxygens (including phenoxy) is 2. The van der Waals surface area contributed by atoms with Crippen LogP contribution in [0.15, 0.2) is 42.6 Å². The lowest BCUT2D eigenvalue weighted by Crippen LogP contribution is -2.40. The Morgan fingerprint density at radius 1 is 1.08 bits per heavy atom. The second kappa shape index (κ2) is 7.01. The molecule has 2 aliphatic rings. The summed E-state index contributed by atoms with van der Waals surface area (Å²) in [5, 5.41) is 2.85. The van der Waals surface area contributed by atoms with Crippen molar-refractivity contribution in [3.8, 4) is 11.5 Å². The second-order valence-electron chi connectivity index (χ2n) is 6.31. The van der Waals surface area contributed by atoms with E-state index in [1.165, 1.54) is 19.3 Å². The number of carbonyl (C=O) groups excluding carboxylic acids is 1. The van der Waals surface area contributed by atoms with Crippen molar-refractivity contribution in [3.63, 3.8) is 0 Å². The molecule has 1 fully saturated rings. The molecule has 6 heteroatoms. The van der Waals surface area contributed by atoms with Crippen molar-refractivity contribution in [3.05, 3.63) is 42.6 Å². The molecule has 0 spiro atoms. The fourth-order valence-electron chi connectivity index (χ4n) is 3.14. The van der Waals surface area contributed by atoms with E-state index in [2.05, 4.69) is 15.2 Å². The van der Waals surface area contributed by atoms with Crippen molar-refractivity contribution in [1.82, 2.24) is 4.98 Å². The molecule has 25 heavy (non-hydrogen) atoms. The number of amides is 1. The molecule has 0 aliphatic carbocycles. The molecule has 4 rings (SSSR count). The van der Waals surface area contributed by atoms with E-state index in [0.29, 0.717) is 17.2 Å². The molecule has 0 bridgehead atoms. The summed E-state index contributed by atoms with van der Waals surface area (Å²) in [5.74, 6) is 1.98. The number of rotatable bonds is 3. The Bertz CT molecular complexity index is 742. The topological polar surface area (TPSA) is 63.7 Å². The molecular formula is C19H21N3O3. The molecule has 0 radical (unpaired) electrons. The Morgan fingerprint density at radius 3 is 2.64 bits per heavy atom. The number of hydrogen-bond donors (Lipinski definition) is 1. The van der Waals surface area contributed by atoms with E-state index < -0.39 is 6.10 Å². The highest BCUT2D eigenvalue weighted by Gasteiger charge is 2.27. The molecule has 3 heterocycles. The van der Waals surface area contributed by atoms with E-state index in [1.807, 2.05) is 30.3 Å². The van der Waals surface area contributed by atoms with Gasteiger partial charge in [0.05, 0.1) is 11.9 Å². The van der Waals surface area contributed by atoms with Gasteiger partial charge in [-0.15, -0.1) is 0 Å². The van der Waals surface area contributed by atoms with E-state index in [9.17, 15) is 4.79 Å². The SMILES string of the molecule is O=C(Nc1ccc(N2CCCCC2)nc1)C1COc2ccccc2O1. The maximum absolute atomic E-state index is 12.4. The maximum atomic E-state index is 12.4. The zero-order valence-electron chi connectivity index (χ0n) is 14.0. The van der Waals surface area contributed by atoms with Crippen LogP contribution in [0.1, 0.15) is 19.3 Å². The van der Waals surface area contributed by atoms with Crippen LogP contribution in [0.4, 0.5) is 11.5 Å². The van der Waals surface area contributed by atoms with Crippen LogP contribution in [0, 0.1) is 0 Å². The van der Waals surface area contributed by atoms with Gasteiger partial charge in [-0.05, 0) is 43.5 Å². The molecule has 130 valence electrons. The zero-order chi connectivity index (χ0) is 17.1. The average molecular weight is 339 g/mol. The van der Waals surface area contributed by atoms with E-state index in [4.69, 9.17) is 9.47 Å². The van der Waals surface area contributed by atoms with Crippen LogP contribution in [-0.2, 0) is 4.79 Å². The number of benzene rings is 1. The minimum atomic E-state index is -0.670. The molecule has 1 amide bonds. The number of hydrogen-bond acceptors (Lipinski definition) is 5. The molecule has 2 aliphatic heterocycles. The smallest absolute Gasteiger partial charge is 0.269 e. The van der Waals surface area contributed by atoms with Crippen LogP contribution in [0.3, 0.4) is 0 Å². The Kier molecular flexibility index (Phi) is 4.41. The van der Waals surface area contributed by atoms with Crippen molar-refractivity contribution in [2.45, 2.75) is 25.4 Å². The van der Waals surface area contributed by atoms with Crippen LogP contribution < -0.4 is 19.7 Å². The summed E-state index contributed by atoms with van der Waals surface area (Å²) in [6, 6.07) is 11.2. The molecule has 0 saturated carbocycles. The number of piperidine rings is 1. The van der Waals surface area contributed by atoms with Crippen molar-refractivity contribution < 1.29 is 14.3 Å². The van der Waals surface area contributed by atoms with Crippen molar-refractivity contribution in [2.24, 2.45) is 0 Å². The lowest BCUT2D eigenvalue weighted by molar-refractivity contribution is -0.125. The number of pyridine rings is 1. The van der Waals surface area contributed by atoms with Gasteiger partial charge in [-0.3, -0.25) is 4.79 Å². The van der Waals surface area contributed by atoms with Gasteiger partial charge in [0, 0.05) is 13.1 Å². The highest BCUT2D eigenvalue weighted by molar-refractivity contribution is 5.94. The minimum Gasteiger partial charge on any atom is -0.485 e. The van der Waals surface area contributed by atoms with E-state index >= 15 is 0 Å². The van der Waals surface area contributed by atoms with E-state index in [-0.39, 0.29) is 12.5 Å². The quantitative estimate of drug-likeness (QED) is 0.932. The van der Waals surface area contributed by atoms with Gasteiger partial charge in [-0.2, -0.15) is 0 Å². The number of fused-ring (bicyclic) bond motifs is 1. The van der Waals surface area contributed by atoms with Gasteiger partial charge in [0.25, 0.3) is 5.91 Å². The maximum Gasteiger partial charge on any atom is 0.269 e. The number of aromatic nitrogens is 1. The summed E-state index contributed by atoms with van der Waals surface area (Å²) in [5.41, 5.74) is 0.660. The number of para-hydroxylation sites is 2. The number of nitrogens with one attached hydrogen (secondary N) is 1. The molecule has 1 atom stereocenters. The van der Waals surface area contributed by atoms with Gasteiger partial charge in [0.15, 0.2) is 11.5 Å². The number of anilines is 2. The molecule has 1 N–H and O–H groups in total. The first kappa shape index (κ1) is 15.7. The van der Waals surface area contributed by atoms with Crippen LogP contribution >= 0.6 is 0 Å². The van der Waals surface area contributed by atoms with Crippen LogP contribution in [0.5, 0.6) is 11.5 Å². The van der Waals surface area contributed by atoms with E-state index in [0.717, 1.165) is 18.9 Å². The van der Waals surface area contributed by atoms with Crippen molar-refractivity contribution >= 4 is 17.4 Å². The second-order valence-corrected chi connectivity index (χ2v) is 6.31. The van der Waals surface area contributed by atoms with Gasteiger partial charge in [-0.25, -0.2) is 4.98 Å². The molecule has 1 unspecified atom stereocenters.